The summed E-state index contributed by atoms with van der Waals surface area (Å²) in [6.07, 6.45) is 0.787. The van der Waals surface area contributed by atoms with Crippen LogP contribution in [0.4, 0.5) is 0 Å². The molecule has 0 saturated heterocycles. The number of methoxy groups -OCH3 is 1. The second-order valence-corrected chi connectivity index (χ2v) is 5.49. The molecule has 0 N–H and O–H groups in total. The number of benzene rings is 1. The molecule has 0 aliphatic carbocycles. The van der Waals surface area contributed by atoms with E-state index in [0.29, 0.717) is 24.5 Å². The predicted octanol–water partition coefficient (Wildman–Crippen LogP) is 2.71. The van der Waals surface area contributed by atoms with Crippen molar-refractivity contribution in [2.75, 3.05) is 27.1 Å². The summed E-state index contributed by atoms with van der Waals surface area (Å²) in [5, 5.41) is 0. The highest BCUT2D eigenvalue weighted by Gasteiger charge is 2.09. The van der Waals surface area contributed by atoms with E-state index in [2.05, 4.69) is 45.2 Å². The average molecular weight is 462 g/mol. The van der Waals surface area contributed by atoms with Gasteiger partial charge in [-0.2, -0.15) is 0 Å². The van der Waals surface area contributed by atoms with Gasteiger partial charge in [0.05, 0.1) is 22.3 Å². The van der Waals surface area contributed by atoms with Crippen molar-refractivity contribution in [3.63, 3.8) is 0 Å². The minimum atomic E-state index is 0.112. The van der Waals surface area contributed by atoms with Gasteiger partial charge in [0, 0.05) is 10.7 Å². The van der Waals surface area contributed by atoms with Crippen molar-refractivity contribution in [1.29, 1.82) is 0 Å². The summed E-state index contributed by atoms with van der Waals surface area (Å²) in [5.41, 5.74) is 0.539. The minimum absolute atomic E-state index is 0.112. The molecule has 0 spiro atoms. The molecule has 1 aromatic carbocycles. The Morgan fingerprint density at radius 1 is 1.29 bits per heavy atom. The summed E-state index contributed by atoms with van der Waals surface area (Å²) in [4.78, 5) is 10.9. The van der Waals surface area contributed by atoms with Crippen LogP contribution in [0.25, 0.3) is 0 Å². The lowest BCUT2D eigenvalue weighted by Crippen LogP contribution is -2.09. The van der Waals surface area contributed by atoms with E-state index in [1.807, 2.05) is 6.07 Å². The van der Waals surface area contributed by atoms with Crippen LogP contribution in [0.1, 0.15) is 10.4 Å². The molecule has 4 nitrogen and oxygen atoms in total. The molecule has 0 aliphatic rings. The van der Waals surface area contributed by atoms with Gasteiger partial charge >= 0.3 is 0 Å². The van der Waals surface area contributed by atoms with Gasteiger partial charge in [-0.15, -0.1) is 0 Å². The molecule has 1 aromatic rings. The summed E-state index contributed by atoms with van der Waals surface area (Å²) in [6, 6.07) is 3.72. The third-order valence-corrected chi connectivity index (χ3v) is 3.31. The number of hydrogen-bond acceptors (Lipinski definition) is 4. The van der Waals surface area contributed by atoms with Crippen LogP contribution in [0, 0.1) is 7.14 Å². The van der Waals surface area contributed by atoms with Crippen molar-refractivity contribution in [2.24, 2.45) is 0 Å². The quantitative estimate of drug-likeness (QED) is 0.271. The van der Waals surface area contributed by atoms with Gasteiger partial charge in [-0.05, 0) is 57.3 Å². The Bertz CT molecular complexity index is 382. The molecular weight excluding hydrogens is 450 g/mol. The van der Waals surface area contributed by atoms with Gasteiger partial charge in [-0.25, -0.2) is 0 Å². The molecule has 0 heterocycles. The van der Waals surface area contributed by atoms with Gasteiger partial charge in [-0.3, -0.25) is 4.79 Å². The van der Waals surface area contributed by atoms with E-state index in [4.69, 9.17) is 14.2 Å². The Morgan fingerprint density at radius 2 is 2.06 bits per heavy atom. The maximum absolute atomic E-state index is 10.9. The average Bonchev–Trinajstić information content (AvgIpc) is 2.30. The van der Waals surface area contributed by atoms with E-state index < -0.39 is 0 Å². The molecule has 0 radical (unpaired) electrons. The van der Waals surface area contributed by atoms with Crippen molar-refractivity contribution in [2.45, 2.75) is 0 Å². The molecule has 0 amide bonds. The molecule has 94 valence electrons. The zero-order valence-corrected chi connectivity index (χ0v) is 13.6. The lowest BCUT2D eigenvalue weighted by Gasteiger charge is -2.11. The predicted molar refractivity (Wildman–Crippen MR) is 80.6 cm³/mol. The first kappa shape index (κ1) is 15.1. The van der Waals surface area contributed by atoms with E-state index in [1.54, 1.807) is 13.2 Å². The minimum Gasteiger partial charge on any atom is -0.466 e. The standard InChI is InChI=1S/C11H12I2O4/c1-15-2-3-16-7-17-11-8(6-14)4-9(12)5-10(11)13/h4-6H,2-3,7H2,1H3. The van der Waals surface area contributed by atoms with Crippen LogP contribution < -0.4 is 4.74 Å². The number of halogens is 2. The van der Waals surface area contributed by atoms with Gasteiger partial charge in [0.15, 0.2) is 13.1 Å². The van der Waals surface area contributed by atoms with Crippen LogP contribution in [0.3, 0.4) is 0 Å². The Labute approximate surface area is 127 Å². The molecule has 0 unspecified atom stereocenters. The largest absolute Gasteiger partial charge is 0.466 e. The van der Waals surface area contributed by atoms with E-state index >= 15 is 0 Å². The fourth-order valence-electron chi connectivity index (χ4n) is 1.12. The van der Waals surface area contributed by atoms with E-state index in [1.165, 1.54) is 0 Å². The van der Waals surface area contributed by atoms with Crippen molar-refractivity contribution in [1.82, 2.24) is 0 Å². The number of rotatable bonds is 7. The van der Waals surface area contributed by atoms with E-state index in [0.717, 1.165) is 13.4 Å². The Kier molecular flexibility index (Phi) is 7.32. The van der Waals surface area contributed by atoms with Crippen LogP contribution in [-0.2, 0) is 9.47 Å². The molecule has 0 aromatic heterocycles. The molecule has 0 aliphatic heterocycles. The smallest absolute Gasteiger partial charge is 0.189 e. The van der Waals surface area contributed by atoms with E-state index in [-0.39, 0.29) is 6.79 Å². The highest BCUT2D eigenvalue weighted by molar-refractivity contribution is 14.1. The maximum Gasteiger partial charge on any atom is 0.189 e. The van der Waals surface area contributed by atoms with Gasteiger partial charge in [0.2, 0.25) is 0 Å². The lowest BCUT2D eigenvalue weighted by molar-refractivity contribution is -0.00904. The summed E-state index contributed by atoms with van der Waals surface area (Å²) >= 11 is 4.29. The Hall–Kier alpha value is 0.0700. The third-order valence-electron chi connectivity index (χ3n) is 1.88. The van der Waals surface area contributed by atoms with Crippen molar-refractivity contribution < 1.29 is 19.0 Å². The Balaban J connectivity index is 2.60. The monoisotopic (exact) mass is 462 g/mol. The van der Waals surface area contributed by atoms with Crippen LogP contribution in [-0.4, -0.2) is 33.4 Å². The van der Waals surface area contributed by atoms with Crippen LogP contribution in [0.5, 0.6) is 5.75 Å². The Morgan fingerprint density at radius 3 is 2.71 bits per heavy atom. The molecule has 0 atom stereocenters. The second kappa shape index (κ2) is 8.22. The molecule has 6 heteroatoms. The number of ether oxygens (including phenoxy) is 3. The van der Waals surface area contributed by atoms with Crippen LogP contribution in [0.2, 0.25) is 0 Å². The highest BCUT2D eigenvalue weighted by atomic mass is 127. The summed E-state index contributed by atoms with van der Waals surface area (Å²) < 4.78 is 17.4. The SMILES string of the molecule is COCCOCOc1c(I)cc(I)cc1C=O. The number of carbonyl (C=O) groups is 1. The van der Waals surface area contributed by atoms with Crippen molar-refractivity contribution in [3.8, 4) is 5.75 Å². The van der Waals surface area contributed by atoms with Gasteiger partial charge in [0.1, 0.15) is 5.75 Å². The first-order valence-corrected chi connectivity index (χ1v) is 6.98. The topological polar surface area (TPSA) is 44.8 Å². The molecule has 17 heavy (non-hydrogen) atoms. The number of carbonyl (C=O) groups excluding carboxylic acids is 1. The summed E-state index contributed by atoms with van der Waals surface area (Å²) in [7, 11) is 1.61. The first-order chi connectivity index (χ1) is 8.19. The highest BCUT2D eigenvalue weighted by Crippen LogP contribution is 2.27. The second-order valence-electron chi connectivity index (χ2n) is 3.09. The summed E-state index contributed by atoms with van der Waals surface area (Å²) in [5.74, 6) is 0.568. The fraction of sp³-hybridized carbons (Fsp3) is 0.364. The fourth-order valence-corrected chi connectivity index (χ4v) is 3.17. The van der Waals surface area contributed by atoms with Gasteiger partial charge in [0.25, 0.3) is 0 Å². The first-order valence-electron chi connectivity index (χ1n) is 4.82. The zero-order valence-electron chi connectivity index (χ0n) is 9.24. The van der Waals surface area contributed by atoms with E-state index in [9.17, 15) is 4.79 Å². The lowest BCUT2D eigenvalue weighted by atomic mass is 10.2. The third kappa shape index (κ3) is 5.06. The normalized spacial score (nSPS) is 10.3. The number of hydrogen-bond donors (Lipinski definition) is 0. The molecule has 1 rings (SSSR count). The van der Waals surface area contributed by atoms with Crippen molar-refractivity contribution >= 4 is 51.5 Å². The molecular formula is C11H12I2O4. The van der Waals surface area contributed by atoms with Gasteiger partial charge < -0.3 is 14.2 Å². The molecule has 0 fully saturated rings. The molecule has 0 saturated carbocycles. The number of aldehydes is 1. The van der Waals surface area contributed by atoms with Crippen molar-refractivity contribution in [3.05, 3.63) is 24.8 Å². The maximum atomic E-state index is 10.9. The van der Waals surface area contributed by atoms with Crippen LogP contribution >= 0.6 is 45.2 Å². The molecule has 0 bridgehead atoms. The van der Waals surface area contributed by atoms with Gasteiger partial charge in [-0.1, -0.05) is 0 Å². The zero-order chi connectivity index (χ0) is 12.7. The van der Waals surface area contributed by atoms with Crippen LogP contribution in [0.15, 0.2) is 12.1 Å². The summed E-state index contributed by atoms with van der Waals surface area (Å²) in [6.45, 7) is 1.10.